The molecule has 0 saturated carbocycles. The van der Waals surface area contributed by atoms with Gasteiger partial charge in [0.15, 0.2) is 0 Å². The van der Waals surface area contributed by atoms with E-state index in [2.05, 4.69) is 20.4 Å². The molecule has 1 aromatic heterocycles. The molecule has 2 rings (SSSR count). The van der Waals surface area contributed by atoms with E-state index >= 15 is 0 Å². The molecular formula is C14H23N5O3S. The van der Waals surface area contributed by atoms with Gasteiger partial charge in [0, 0.05) is 39.7 Å². The maximum atomic E-state index is 12.5. The summed E-state index contributed by atoms with van der Waals surface area (Å²) in [6.45, 7) is 4.20. The minimum atomic E-state index is -0.479. The number of likely N-dealkylation sites (N-methyl/N-ethyl adjacent to an activating group) is 1. The highest BCUT2D eigenvalue weighted by Gasteiger charge is 2.33. The number of hydrogen-bond acceptors (Lipinski definition) is 7. The van der Waals surface area contributed by atoms with Gasteiger partial charge in [-0.2, -0.15) is 0 Å². The fraction of sp³-hybridized carbons (Fsp3) is 0.714. The van der Waals surface area contributed by atoms with Crippen LogP contribution in [0.1, 0.15) is 10.0 Å². The van der Waals surface area contributed by atoms with Gasteiger partial charge < -0.3 is 19.9 Å². The second kappa shape index (κ2) is 8.32. The standard InChI is InChI=1S/C14H23N5O3S/c1-10-16-17-12(23-10)4-5-15-14(21)11-8-18(2)6-7-19(11)13(20)9-22-3/h11H,4-9H2,1-3H3,(H,15,21)/t11-/m1/s1. The topological polar surface area (TPSA) is 87.7 Å². The lowest BCUT2D eigenvalue weighted by Gasteiger charge is -2.38. The van der Waals surface area contributed by atoms with E-state index in [4.69, 9.17) is 4.74 Å². The number of ether oxygens (including phenoxy) is 1. The van der Waals surface area contributed by atoms with Crippen LogP contribution in [0, 0.1) is 6.92 Å². The SMILES string of the molecule is COCC(=O)N1CCN(C)C[C@@H]1C(=O)NCCc1nnc(C)s1. The molecule has 0 bridgehead atoms. The van der Waals surface area contributed by atoms with Crippen LogP contribution >= 0.6 is 11.3 Å². The van der Waals surface area contributed by atoms with Crippen molar-refractivity contribution in [3.05, 3.63) is 10.0 Å². The number of nitrogens with one attached hydrogen (secondary N) is 1. The van der Waals surface area contributed by atoms with E-state index in [-0.39, 0.29) is 18.4 Å². The number of methoxy groups -OCH3 is 1. The highest BCUT2D eigenvalue weighted by atomic mass is 32.1. The molecule has 0 spiro atoms. The maximum Gasteiger partial charge on any atom is 0.249 e. The summed E-state index contributed by atoms with van der Waals surface area (Å²) in [5.41, 5.74) is 0. The van der Waals surface area contributed by atoms with Crippen LogP contribution in [0.4, 0.5) is 0 Å². The molecule has 23 heavy (non-hydrogen) atoms. The van der Waals surface area contributed by atoms with Gasteiger partial charge in [-0.3, -0.25) is 9.59 Å². The predicted molar refractivity (Wildman–Crippen MR) is 86.2 cm³/mol. The van der Waals surface area contributed by atoms with Gasteiger partial charge in [-0.1, -0.05) is 0 Å². The zero-order chi connectivity index (χ0) is 16.8. The van der Waals surface area contributed by atoms with Gasteiger partial charge in [-0.05, 0) is 14.0 Å². The van der Waals surface area contributed by atoms with Gasteiger partial charge in [0.2, 0.25) is 11.8 Å². The van der Waals surface area contributed by atoms with Crippen molar-refractivity contribution >= 4 is 23.2 Å². The molecule has 0 aliphatic carbocycles. The van der Waals surface area contributed by atoms with Crippen LogP contribution in [-0.4, -0.2) is 84.8 Å². The Morgan fingerprint density at radius 3 is 2.83 bits per heavy atom. The summed E-state index contributed by atoms with van der Waals surface area (Å²) < 4.78 is 4.90. The lowest BCUT2D eigenvalue weighted by molar-refractivity contribution is -0.146. The van der Waals surface area contributed by atoms with Gasteiger partial charge in [-0.25, -0.2) is 0 Å². The van der Waals surface area contributed by atoms with E-state index in [0.717, 1.165) is 16.6 Å². The number of carbonyl (C=O) groups is 2. The fourth-order valence-corrected chi connectivity index (χ4v) is 3.21. The lowest BCUT2D eigenvalue weighted by Crippen LogP contribution is -2.60. The van der Waals surface area contributed by atoms with Gasteiger partial charge in [0.05, 0.1) is 0 Å². The summed E-state index contributed by atoms with van der Waals surface area (Å²) in [6, 6.07) is -0.479. The van der Waals surface area contributed by atoms with Gasteiger partial charge in [-0.15, -0.1) is 21.5 Å². The number of aryl methyl sites for hydroxylation is 1. The zero-order valence-electron chi connectivity index (χ0n) is 13.7. The summed E-state index contributed by atoms with van der Waals surface area (Å²) >= 11 is 1.52. The number of aromatic nitrogens is 2. The molecule has 0 aromatic carbocycles. The Morgan fingerprint density at radius 1 is 1.39 bits per heavy atom. The van der Waals surface area contributed by atoms with Gasteiger partial charge in [0.25, 0.3) is 0 Å². The first-order valence-electron chi connectivity index (χ1n) is 7.55. The molecule has 128 valence electrons. The normalized spacial score (nSPS) is 18.9. The second-order valence-electron chi connectivity index (χ2n) is 5.55. The Balaban J connectivity index is 1.89. The Hall–Kier alpha value is -1.58. The molecule has 0 unspecified atom stereocenters. The number of amides is 2. The first-order chi connectivity index (χ1) is 11.0. The van der Waals surface area contributed by atoms with Crippen LogP contribution in [0.15, 0.2) is 0 Å². The van der Waals surface area contributed by atoms with Crippen LogP contribution in [0.2, 0.25) is 0 Å². The number of piperazine rings is 1. The van der Waals surface area contributed by atoms with Crippen molar-refractivity contribution in [1.82, 2.24) is 25.3 Å². The Bertz CT molecular complexity index is 550. The van der Waals surface area contributed by atoms with Crippen molar-refractivity contribution in [2.45, 2.75) is 19.4 Å². The van der Waals surface area contributed by atoms with E-state index in [1.54, 1.807) is 4.90 Å². The molecule has 1 saturated heterocycles. The number of nitrogens with zero attached hydrogens (tertiary/aromatic N) is 4. The Labute approximate surface area is 139 Å². The Kier molecular flexibility index (Phi) is 6.43. The molecule has 1 N–H and O–H groups in total. The zero-order valence-corrected chi connectivity index (χ0v) is 14.6. The maximum absolute atomic E-state index is 12.5. The minimum absolute atomic E-state index is 0.00242. The molecule has 1 atom stereocenters. The minimum Gasteiger partial charge on any atom is -0.375 e. The number of rotatable bonds is 6. The summed E-state index contributed by atoms with van der Waals surface area (Å²) in [6.07, 6.45) is 0.645. The lowest BCUT2D eigenvalue weighted by atomic mass is 10.1. The van der Waals surface area contributed by atoms with Crippen molar-refractivity contribution in [2.24, 2.45) is 0 Å². The van der Waals surface area contributed by atoms with Crippen molar-refractivity contribution in [1.29, 1.82) is 0 Å². The number of carbonyl (C=O) groups excluding carboxylic acids is 2. The molecule has 8 nitrogen and oxygen atoms in total. The van der Waals surface area contributed by atoms with E-state index < -0.39 is 6.04 Å². The first-order valence-corrected chi connectivity index (χ1v) is 8.36. The third kappa shape index (κ3) is 4.95. The average molecular weight is 341 g/mol. The van der Waals surface area contributed by atoms with Crippen molar-refractivity contribution in [3.63, 3.8) is 0 Å². The van der Waals surface area contributed by atoms with Crippen LogP contribution in [0.3, 0.4) is 0 Å². The molecule has 2 heterocycles. The van der Waals surface area contributed by atoms with Crippen LogP contribution < -0.4 is 5.32 Å². The summed E-state index contributed by atoms with van der Waals surface area (Å²) in [5, 5.41) is 12.7. The van der Waals surface area contributed by atoms with Crippen LogP contribution in [0.25, 0.3) is 0 Å². The first kappa shape index (κ1) is 17.8. The molecule has 0 radical (unpaired) electrons. The molecule has 1 fully saturated rings. The third-order valence-corrected chi connectivity index (χ3v) is 4.58. The van der Waals surface area contributed by atoms with E-state index in [9.17, 15) is 9.59 Å². The Morgan fingerprint density at radius 2 is 2.17 bits per heavy atom. The van der Waals surface area contributed by atoms with Gasteiger partial charge in [0.1, 0.15) is 22.7 Å². The van der Waals surface area contributed by atoms with Crippen LogP contribution in [0.5, 0.6) is 0 Å². The van der Waals surface area contributed by atoms with Gasteiger partial charge >= 0.3 is 0 Å². The molecule has 2 amide bonds. The molecule has 1 aromatic rings. The average Bonchev–Trinajstić information content (AvgIpc) is 2.92. The quantitative estimate of drug-likeness (QED) is 0.736. The largest absolute Gasteiger partial charge is 0.375 e. The van der Waals surface area contributed by atoms with Crippen molar-refractivity contribution in [3.8, 4) is 0 Å². The summed E-state index contributed by atoms with van der Waals surface area (Å²) in [7, 11) is 3.43. The highest BCUT2D eigenvalue weighted by molar-refractivity contribution is 7.11. The van der Waals surface area contributed by atoms with E-state index in [0.29, 0.717) is 26.1 Å². The van der Waals surface area contributed by atoms with E-state index in [1.165, 1.54) is 18.4 Å². The van der Waals surface area contributed by atoms with E-state index in [1.807, 2.05) is 14.0 Å². The fourth-order valence-electron chi connectivity index (χ4n) is 2.50. The monoisotopic (exact) mass is 341 g/mol. The van der Waals surface area contributed by atoms with Crippen molar-refractivity contribution < 1.29 is 14.3 Å². The second-order valence-corrected chi connectivity index (χ2v) is 6.82. The van der Waals surface area contributed by atoms with Crippen LogP contribution in [-0.2, 0) is 20.7 Å². The smallest absolute Gasteiger partial charge is 0.249 e. The molecule has 1 aliphatic heterocycles. The molecule has 1 aliphatic rings. The third-order valence-electron chi connectivity index (χ3n) is 3.68. The predicted octanol–water partition coefficient (Wildman–Crippen LogP) is -0.706. The molecule has 9 heteroatoms. The molecular weight excluding hydrogens is 318 g/mol. The highest BCUT2D eigenvalue weighted by Crippen LogP contribution is 2.10. The van der Waals surface area contributed by atoms with Crippen molar-refractivity contribution in [2.75, 3.05) is 46.9 Å². The summed E-state index contributed by atoms with van der Waals surface area (Å²) in [4.78, 5) is 28.2. The summed E-state index contributed by atoms with van der Waals surface area (Å²) in [5.74, 6) is -0.289. The number of hydrogen-bond donors (Lipinski definition) is 1.